The standard InChI is InChI=1S/C24H20B.C12H18I/c1-5-13-21(14-6-1)25(22-15-7-2-8-16-22,23-17-9-3-10-18-23)24-19-11-4-12-20-24;1-2-3-4-8-11-13-12-9-6-5-7-10-12/h1-20H;5-7,9-10H,2-4,8,11H2,1H3/q-1;+1. The molecule has 5 rings (SSSR count). The first-order chi connectivity index (χ1) is 18.9. The van der Waals surface area contributed by atoms with Crippen LogP contribution < -0.4 is 43.1 Å². The van der Waals surface area contributed by atoms with Crippen LogP contribution in [-0.2, 0) is 0 Å². The lowest BCUT2D eigenvalue weighted by atomic mass is 9.13. The number of alkyl halides is 1. The van der Waals surface area contributed by atoms with Crippen molar-refractivity contribution in [1.29, 1.82) is 0 Å². The van der Waals surface area contributed by atoms with Gasteiger partial charge in [-0.3, -0.25) is 0 Å². The van der Waals surface area contributed by atoms with Crippen molar-refractivity contribution in [2.45, 2.75) is 32.6 Å². The van der Waals surface area contributed by atoms with Crippen LogP contribution in [0.3, 0.4) is 0 Å². The second-order valence-corrected chi connectivity index (χ2v) is 12.8. The molecule has 0 aliphatic carbocycles. The van der Waals surface area contributed by atoms with Crippen LogP contribution in [0.15, 0.2) is 152 Å². The van der Waals surface area contributed by atoms with Crippen LogP contribution in [-0.4, -0.2) is 10.6 Å². The van der Waals surface area contributed by atoms with Gasteiger partial charge in [-0.25, -0.2) is 0 Å². The van der Waals surface area contributed by atoms with Gasteiger partial charge in [-0.15, -0.1) is 0 Å². The molecular weight excluding hydrogens is 570 g/mol. The summed E-state index contributed by atoms with van der Waals surface area (Å²) < 4.78 is 3.06. The first-order valence-electron chi connectivity index (χ1n) is 13.9. The normalized spacial score (nSPS) is 10.9. The van der Waals surface area contributed by atoms with Gasteiger partial charge in [0.15, 0.2) is 3.57 Å². The van der Waals surface area contributed by atoms with Gasteiger partial charge < -0.3 is 0 Å². The van der Waals surface area contributed by atoms with E-state index in [2.05, 4.69) is 159 Å². The molecule has 0 aliphatic heterocycles. The minimum Gasteiger partial charge on any atom is -0.195 e. The van der Waals surface area contributed by atoms with E-state index in [9.17, 15) is 0 Å². The fraction of sp³-hybridized carbons (Fsp3) is 0.167. The van der Waals surface area contributed by atoms with Crippen molar-refractivity contribution in [1.82, 2.24) is 0 Å². The average molecular weight is 608 g/mol. The van der Waals surface area contributed by atoms with E-state index in [0.29, 0.717) is 21.2 Å². The smallest absolute Gasteiger partial charge is 0.195 e. The van der Waals surface area contributed by atoms with E-state index in [4.69, 9.17) is 0 Å². The molecule has 38 heavy (non-hydrogen) atoms. The van der Waals surface area contributed by atoms with E-state index >= 15 is 0 Å². The van der Waals surface area contributed by atoms with Gasteiger partial charge in [0.1, 0.15) is 10.6 Å². The number of benzene rings is 5. The molecule has 0 nitrogen and oxygen atoms in total. The predicted molar refractivity (Wildman–Crippen MR) is 164 cm³/mol. The molecule has 0 aliphatic rings. The zero-order chi connectivity index (χ0) is 26.3. The van der Waals surface area contributed by atoms with Crippen molar-refractivity contribution < 1.29 is 21.2 Å². The first-order valence-corrected chi connectivity index (χ1v) is 16.5. The van der Waals surface area contributed by atoms with Crippen LogP contribution in [0.4, 0.5) is 0 Å². The van der Waals surface area contributed by atoms with Gasteiger partial charge in [0.2, 0.25) is 0 Å². The van der Waals surface area contributed by atoms with E-state index in [1.54, 1.807) is 3.57 Å². The molecule has 0 unspecified atom stereocenters. The molecule has 0 fully saturated rings. The maximum Gasteiger partial charge on any atom is 0.313 e. The molecule has 0 saturated heterocycles. The molecule has 0 aromatic heterocycles. The zero-order valence-corrected chi connectivity index (χ0v) is 24.6. The molecule has 0 atom stereocenters. The lowest BCUT2D eigenvalue weighted by Gasteiger charge is -2.44. The van der Waals surface area contributed by atoms with Gasteiger partial charge in [0.05, 0.1) is 0 Å². The SMILES string of the molecule is CCCCCC[I+]c1ccccc1.c1ccc([B-](c2ccccc2)(c2ccccc2)c2ccccc2)cc1. The fourth-order valence-corrected chi connectivity index (χ4v) is 7.79. The third-order valence-corrected chi connectivity index (χ3v) is 10.1. The number of rotatable bonds is 10. The summed E-state index contributed by atoms with van der Waals surface area (Å²) in [7, 11) is 0. The van der Waals surface area contributed by atoms with E-state index < -0.39 is 6.15 Å². The van der Waals surface area contributed by atoms with Crippen LogP contribution in [0, 0.1) is 3.57 Å². The topological polar surface area (TPSA) is 0 Å². The molecule has 0 bridgehead atoms. The fourth-order valence-electron chi connectivity index (χ4n) is 5.32. The van der Waals surface area contributed by atoms with Crippen molar-refractivity contribution in [2.24, 2.45) is 0 Å². The van der Waals surface area contributed by atoms with Gasteiger partial charge in [-0.1, -0.05) is 159 Å². The van der Waals surface area contributed by atoms with Crippen LogP contribution in [0.2, 0.25) is 0 Å². The summed E-state index contributed by atoms with van der Waals surface area (Å²) in [4.78, 5) is 0. The highest BCUT2D eigenvalue weighted by Gasteiger charge is 2.31. The van der Waals surface area contributed by atoms with Crippen molar-refractivity contribution >= 4 is 28.0 Å². The summed E-state index contributed by atoms with van der Waals surface area (Å²) in [6.45, 7) is 2.27. The third-order valence-electron chi connectivity index (χ3n) is 7.17. The van der Waals surface area contributed by atoms with Crippen LogP contribution in [0.1, 0.15) is 32.6 Å². The second-order valence-electron chi connectivity index (χ2n) is 9.69. The Kier molecular flexibility index (Phi) is 11.3. The third kappa shape index (κ3) is 7.26. The van der Waals surface area contributed by atoms with E-state index in [-0.39, 0.29) is 0 Å². The van der Waals surface area contributed by atoms with Crippen LogP contribution >= 0.6 is 0 Å². The molecule has 0 spiro atoms. The summed E-state index contributed by atoms with van der Waals surface area (Å²) in [6, 6.07) is 54.5. The Morgan fingerprint density at radius 2 is 0.763 bits per heavy atom. The van der Waals surface area contributed by atoms with Gasteiger partial charge in [-0.05, 0) is 25.0 Å². The van der Waals surface area contributed by atoms with Crippen LogP contribution in [0.5, 0.6) is 0 Å². The Hall–Kier alpha value is -3.11. The molecule has 0 N–H and O–H groups in total. The molecule has 2 heteroatoms. The first kappa shape index (κ1) is 27.9. The van der Waals surface area contributed by atoms with Gasteiger partial charge in [0.25, 0.3) is 0 Å². The lowest BCUT2D eigenvalue weighted by Crippen LogP contribution is -3.62. The minimum atomic E-state index is -1.22. The summed E-state index contributed by atoms with van der Waals surface area (Å²) in [5.74, 6) is 0. The van der Waals surface area contributed by atoms with Crippen molar-refractivity contribution in [3.63, 3.8) is 0 Å². The van der Waals surface area contributed by atoms with Gasteiger partial charge in [-0.2, -0.15) is 21.9 Å². The number of unbranched alkanes of at least 4 members (excludes halogenated alkanes) is 3. The maximum atomic E-state index is 2.27. The van der Waals surface area contributed by atoms with E-state index in [1.165, 1.54) is 52.0 Å². The second kappa shape index (κ2) is 15.3. The highest BCUT2D eigenvalue weighted by Crippen LogP contribution is 2.09. The molecule has 5 aromatic carbocycles. The van der Waals surface area contributed by atoms with Crippen molar-refractivity contribution in [3.05, 3.63) is 155 Å². The van der Waals surface area contributed by atoms with Crippen molar-refractivity contribution in [3.8, 4) is 0 Å². The molecule has 0 radical (unpaired) electrons. The minimum absolute atomic E-state index is 0.309. The summed E-state index contributed by atoms with van der Waals surface area (Å²) >= 11 is 0.309. The highest BCUT2D eigenvalue weighted by molar-refractivity contribution is 7.19. The maximum absolute atomic E-state index is 2.27. The van der Waals surface area contributed by atoms with E-state index in [1.807, 2.05) is 0 Å². The molecule has 5 aromatic rings. The summed E-state index contributed by atoms with van der Waals surface area (Å²) in [6.07, 6.45) is 4.42. The van der Waals surface area contributed by atoms with Crippen molar-refractivity contribution in [2.75, 3.05) is 4.43 Å². The number of halogens is 1. The quantitative estimate of drug-likeness (QED) is 0.0985. The predicted octanol–water partition coefficient (Wildman–Crippen LogP) is 3.59. The molecule has 192 valence electrons. The van der Waals surface area contributed by atoms with E-state index in [0.717, 1.165) is 0 Å². The Morgan fingerprint density at radius 1 is 0.421 bits per heavy atom. The average Bonchev–Trinajstić information content (AvgIpc) is 3.01. The Balaban J connectivity index is 0.000000219. The highest BCUT2D eigenvalue weighted by atomic mass is 127. The Labute approximate surface area is 240 Å². The molecular formula is C36H38BI. The summed E-state index contributed by atoms with van der Waals surface area (Å²) in [5.41, 5.74) is 5.36. The van der Waals surface area contributed by atoms with Crippen LogP contribution in [0.25, 0.3) is 0 Å². The van der Waals surface area contributed by atoms with Gasteiger partial charge in [0, 0.05) is 0 Å². The molecule has 0 saturated carbocycles. The Morgan fingerprint density at radius 3 is 1.11 bits per heavy atom. The summed E-state index contributed by atoms with van der Waals surface area (Å²) in [5, 5.41) is 0. The van der Waals surface area contributed by atoms with Gasteiger partial charge >= 0.3 is 21.2 Å². The lowest BCUT2D eigenvalue weighted by molar-refractivity contribution is -0.627. The Bertz CT molecular complexity index is 1130. The molecule has 0 amide bonds. The monoisotopic (exact) mass is 608 g/mol. The largest absolute Gasteiger partial charge is 0.313 e. The molecule has 0 heterocycles. The number of hydrogen-bond donors (Lipinski definition) is 0. The number of hydrogen-bond acceptors (Lipinski definition) is 0. The zero-order valence-electron chi connectivity index (χ0n) is 22.4.